The van der Waals surface area contributed by atoms with Crippen molar-refractivity contribution >= 4 is 10.8 Å². The first kappa shape index (κ1) is 34.6. The van der Waals surface area contributed by atoms with Gasteiger partial charge in [0, 0.05) is 33.4 Å². The summed E-state index contributed by atoms with van der Waals surface area (Å²) in [7, 11) is 0. The van der Waals surface area contributed by atoms with Crippen molar-refractivity contribution in [1.82, 2.24) is 24.9 Å². The highest BCUT2D eigenvalue weighted by Crippen LogP contribution is 2.39. The van der Waals surface area contributed by atoms with E-state index in [4.69, 9.17) is 24.9 Å². The van der Waals surface area contributed by atoms with Crippen LogP contribution in [0.25, 0.3) is 101 Å². The molecule has 0 bridgehead atoms. The van der Waals surface area contributed by atoms with E-state index in [0.717, 1.165) is 72.4 Å². The van der Waals surface area contributed by atoms with Gasteiger partial charge in [-0.25, -0.2) is 24.9 Å². The van der Waals surface area contributed by atoms with Crippen LogP contribution in [0.3, 0.4) is 0 Å². The van der Waals surface area contributed by atoms with Crippen molar-refractivity contribution in [3.05, 3.63) is 212 Å². The molecule has 0 unspecified atom stereocenters. The van der Waals surface area contributed by atoms with Crippen LogP contribution in [0.1, 0.15) is 0 Å². The highest BCUT2D eigenvalue weighted by Gasteiger charge is 2.16. The summed E-state index contributed by atoms with van der Waals surface area (Å²) in [4.78, 5) is 25.0. The van der Waals surface area contributed by atoms with Gasteiger partial charge in [0.05, 0.1) is 11.4 Å². The molecule has 10 rings (SSSR count). The first-order valence-electron chi connectivity index (χ1n) is 19.3. The Hall–Kier alpha value is -7.89. The predicted octanol–water partition coefficient (Wildman–Crippen LogP) is 13.2. The number of nitrogens with zero attached hydrogens (tertiary/aromatic N) is 5. The Balaban J connectivity index is 1.05. The van der Waals surface area contributed by atoms with Gasteiger partial charge in [0.2, 0.25) is 0 Å². The standard InChI is InChI=1S/C53H35N5/c1-5-16-37(17-6-1)47-35-48(38-18-7-2-8-19-38)55-53(54-47)44-27-13-26-43(34-44)46-29-15-25-39-24-14-28-45(49(39)46)36-30-32-42(33-31-36)52-57-50(40-20-9-3-10-21-40)56-51(58-52)41-22-11-4-12-23-41/h1-35H. The van der Waals surface area contributed by atoms with Crippen LogP contribution in [-0.2, 0) is 0 Å². The average Bonchev–Trinajstić information content (AvgIpc) is 3.32. The second kappa shape index (κ2) is 15.3. The minimum absolute atomic E-state index is 0.628. The van der Waals surface area contributed by atoms with Gasteiger partial charge in [0.1, 0.15) is 0 Å². The van der Waals surface area contributed by atoms with E-state index < -0.39 is 0 Å². The number of hydrogen-bond acceptors (Lipinski definition) is 5. The number of hydrogen-bond donors (Lipinski definition) is 0. The third kappa shape index (κ3) is 6.93. The van der Waals surface area contributed by atoms with Crippen molar-refractivity contribution in [3.8, 4) is 90.3 Å². The molecule has 0 fully saturated rings. The average molecular weight is 742 g/mol. The molecule has 2 aromatic heterocycles. The van der Waals surface area contributed by atoms with E-state index >= 15 is 0 Å². The molecule has 0 aliphatic carbocycles. The van der Waals surface area contributed by atoms with Crippen molar-refractivity contribution < 1.29 is 0 Å². The number of benzene rings is 8. The molecule has 0 aliphatic heterocycles. The molecule has 58 heavy (non-hydrogen) atoms. The van der Waals surface area contributed by atoms with Crippen LogP contribution in [0.4, 0.5) is 0 Å². The Morgan fingerprint density at radius 2 is 0.586 bits per heavy atom. The molecule has 272 valence electrons. The molecule has 0 saturated carbocycles. The van der Waals surface area contributed by atoms with Gasteiger partial charge in [-0.05, 0) is 45.2 Å². The third-order valence-electron chi connectivity index (χ3n) is 10.4. The lowest BCUT2D eigenvalue weighted by Crippen LogP contribution is -2.00. The normalized spacial score (nSPS) is 11.1. The summed E-state index contributed by atoms with van der Waals surface area (Å²) >= 11 is 0. The zero-order valence-corrected chi connectivity index (χ0v) is 31.4. The molecule has 0 spiro atoms. The van der Waals surface area contributed by atoms with E-state index in [0.29, 0.717) is 23.3 Å². The van der Waals surface area contributed by atoms with E-state index in [2.05, 4.69) is 115 Å². The molecule has 8 aromatic carbocycles. The van der Waals surface area contributed by atoms with E-state index in [1.807, 2.05) is 97.1 Å². The Bertz CT molecular complexity index is 2900. The first-order valence-corrected chi connectivity index (χ1v) is 19.3. The van der Waals surface area contributed by atoms with Gasteiger partial charge in [-0.3, -0.25) is 0 Å². The lowest BCUT2D eigenvalue weighted by Gasteiger charge is -2.14. The fourth-order valence-corrected chi connectivity index (χ4v) is 7.47. The monoisotopic (exact) mass is 741 g/mol. The molecular weight excluding hydrogens is 707 g/mol. The maximum atomic E-state index is 5.11. The summed E-state index contributed by atoms with van der Waals surface area (Å²) in [5, 5.41) is 2.34. The molecule has 5 heteroatoms. The molecule has 0 aliphatic rings. The van der Waals surface area contributed by atoms with E-state index in [-0.39, 0.29) is 0 Å². The van der Waals surface area contributed by atoms with Crippen LogP contribution in [0.2, 0.25) is 0 Å². The minimum Gasteiger partial charge on any atom is -0.228 e. The number of aromatic nitrogens is 5. The van der Waals surface area contributed by atoms with Crippen molar-refractivity contribution in [1.29, 1.82) is 0 Å². The lowest BCUT2D eigenvalue weighted by molar-refractivity contribution is 1.07. The van der Waals surface area contributed by atoms with Crippen LogP contribution in [0.15, 0.2) is 212 Å². The van der Waals surface area contributed by atoms with Gasteiger partial charge in [0.15, 0.2) is 23.3 Å². The topological polar surface area (TPSA) is 64.5 Å². The highest BCUT2D eigenvalue weighted by molar-refractivity contribution is 6.06. The minimum atomic E-state index is 0.628. The summed E-state index contributed by atoms with van der Waals surface area (Å²) in [6.07, 6.45) is 0. The van der Waals surface area contributed by atoms with Gasteiger partial charge >= 0.3 is 0 Å². The lowest BCUT2D eigenvalue weighted by atomic mass is 9.90. The Morgan fingerprint density at radius 1 is 0.224 bits per heavy atom. The van der Waals surface area contributed by atoms with Gasteiger partial charge in [0.25, 0.3) is 0 Å². The second-order valence-electron chi connectivity index (χ2n) is 14.1. The smallest absolute Gasteiger partial charge is 0.164 e. The fraction of sp³-hybridized carbons (Fsp3) is 0. The van der Waals surface area contributed by atoms with Crippen molar-refractivity contribution in [2.75, 3.05) is 0 Å². The van der Waals surface area contributed by atoms with Crippen molar-refractivity contribution in [3.63, 3.8) is 0 Å². The van der Waals surface area contributed by atoms with E-state index in [9.17, 15) is 0 Å². The maximum absolute atomic E-state index is 5.11. The highest BCUT2D eigenvalue weighted by atomic mass is 15.0. The van der Waals surface area contributed by atoms with Crippen LogP contribution >= 0.6 is 0 Å². The third-order valence-corrected chi connectivity index (χ3v) is 10.4. The predicted molar refractivity (Wildman–Crippen MR) is 236 cm³/mol. The molecule has 0 atom stereocenters. The van der Waals surface area contributed by atoms with Gasteiger partial charge in [-0.1, -0.05) is 200 Å². The van der Waals surface area contributed by atoms with Crippen molar-refractivity contribution in [2.45, 2.75) is 0 Å². The van der Waals surface area contributed by atoms with Gasteiger partial charge in [-0.2, -0.15) is 0 Å². The summed E-state index contributed by atoms with van der Waals surface area (Å²) in [5.74, 6) is 2.59. The Kier molecular flexibility index (Phi) is 9.14. The van der Waals surface area contributed by atoms with Crippen LogP contribution in [-0.4, -0.2) is 24.9 Å². The summed E-state index contributed by atoms with van der Waals surface area (Å²) in [5.41, 5.74) is 12.1. The first-order chi connectivity index (χ1) is 28.7. The van der Waals surface area contributed by atoms with E-state index in [1.54, 1.807) is 0 Å². The molecule has 0 saturated heterocycles. The van der Waals surface area contributed by atoms with Crippen LogP contribution in [0.5, 0.6) is 0 Å². The zero-order valence-electron chi connectivity index (χ0n) is 31.4. The molecule has 5 nitrogen and oxygen atoms in total. The zero-order chi connectivity index (χ0) is 38.7. The molecule has 10 aromatic rings. The molecular formula is C53H35N5. The number of rotatable bonds is 8. The molecule has 0 amide bonds. The summed E-state index contributed by atoms with van der Waals surface area (Å²) in [6, 6.07) is 73.0. The molecule has 2 heterocycles. The Labute approximate surface area is 337 Å². The number of fused-ring (bicyclic) bond motifs is 1. The fourth-order valence-electron chi connectivity index (χ4n) is 7.47. The quantitative estimate of drug-likeness (QED) is 0.155. The molecule has 0 N–H and O–H groups in total. The van der Waals surface area contributed by atoms with E-state index in [1.165, 1.54) is 5.39 Å². The van der Waals surface area contributed by atoms with Crippen LogP contribution in [0, 0.1) is 0 Å². The largest absolute Gasteiger partial charge is 0.228 e. The van der Waals surface area contributed by atoms with Crippen molar-refractivity contribution in [2.24, 2.45) is 0 Å². The Morgan fingerprint density at radius 3 is 1.09 bits per heavy atom. The second-order valence-corrected chi connectivity index (χ2v) is 14.1. The maximum Gasteiger partial charge on any atom is 0.164 e. The summed E-state index contributed by atoms with van der Waals surface area (Å²) in [6.45, 7) is 0. The van der Waals surface area contributed by atoms with Crippen LogP contribution < -0.4 is 0 Å². The molecule has 0 radical (unpaired) electrons. The summed E-state index contributed by atoms with van der Waals surface area (Å²) < 4.78 is 0. The SMILES string of the molecule is c1ccc(-c2cc(-c3ccccc3)nc(-c3cccc(-c4cccc5cccc(-c6ccc(-c7nc(-c8ccccc8)nc(-c8ccccc8)n7)cc6)c45)c3)n2)cc1. The van der Waals surface area contributed by atoms with Gasteiger partial charge in [-0.15, -0.1) is 0 Å². The van der Waals surface area contributed by atoms with Gasteiger partial charge < -0.3 is 0 Å².